The number of hydrogen-bond acceptors (Lipinski definition) is 6. The summed E-state index contributed by atoms with van der Waals surface area (Å²) in [6.45, 7) is 0.461. The summed E-state index contributed by atoms with van der Waals surface area (Å²) in [6.07, 6.45) is 1.28. The molecule has 0 aromatic carbocycles. The van der Waals surface area contributed by atoms with Crippen LogP contribution in [-0.4, -0.2) is 41.4 Å². The second kappa shape index (κ2) is 5.35. The fourth-order valence-corrected chi connectivity index (χ4v) is 2.79. The molecule has 8 heteroatoms. The molecule has 1 unspecified atom stereocenters. The maximum atomic E-state index is 12.2. The molecule has 1 atom stereocenters. The average Bonchev–Trinajstić information content (AvgIpc) is 3.05. The lowest BCUT2D eigenvalue weighted by atomic mass is 10.2. The molecule has 0 saturated carbocycles. The lowest BCUT2D eigenvalue weighted by molar-refractivity contribution is -0.380. The highest BCUT2D eigenvalue weighted by molar-refractivity contribution is 7.13. The number of esters is 1. The molecule has 1 amide bonds. The van der Waals surface area contributed by atoms with E-state index >= 15 is 0 Å². The van der Waals surface area contributed by atoms with Gasteiger partial charge < -0.3 is 9.64 Å². The third kappa shape index (κ3) is 2.58. The first-order valence-corrected chi connectivity index (χ1v) is 6.54. The number of carbonyl (C=O) groups excluding carboxylic acids is 2. The van der Waals surface area contributed by atoms with E-state index in [9.17, 15) is 19.7 Å². The molecule has 1 aliphatic heterocycles. The van der Waals surface area contributed by atoms with Gasteiger partial charge in [-0.15, -0.1) is 0 Å². The van der Waals surface area contributed by atoms with Crippen LogP contribution >= 0.6 is 11.3 Å². The number of likely N-dealkylation sites (tertiary alicyclic amines) is 1. The molecule has 1 aliphatic rings. The van der Waals surface area contributed by atoms with Crippen molar-refractivity contribution in [2.45, 2.75) is 18.9 Å². The molecule has 0 N–H and O–H groups in total. The molecular formula is C11H12N2O5S. The zero-order valence-electron chi connectivity index (χ0n) is 10.2. The number of nitro groups is 1. The van der Waals surface area contributed by atoms with Crippen molar-refractivity contribution < 1.29 is 19.2 Å². The van der Waals surface area contributed by atoms with Gasteiger partial charge in [0.25, 0.3) is 5.91 Å². The first kappa shape index (κ1) is 13.5. The van der Waals surface area contributed by atoms with Gasteiger partial charge in [0.05, 0.1) is 17.6 Å². The quantitative estimate of drug-likeness (QED) is 0.476. The van der Waals surface area contributed by atoms with Crippen LogP contribution in [0, 0.1) is 10.1 Å². The van der Waals surface area contributed by atoms with Crippen LogP contribution in [0.1, 0.15) is 23.2 Å². The highest BCUT2D eigenvalue weighted by Crippen LogP contribution is 2.26. The number of ether oxygens (including phenoxy) is 1. The molecule has 1 saturated heterocycles. The molecule has 0 radical (unpaired) electrons. The van der Waals surface area contributed by atoms with Gasteiger partial charge in [-0.2, -0.15) is 0 Å². The topological polar surface area (TPSA) is 89.8 Å². The Labute approximate surface area is 112 Å². The van der Waals surface area contributed by atoms with Crippen molar-refractivity contribution in [2.75, 3.05) is 13.7 Å². The van der Waals surface area contributed by atoms with Gasteiger partial charge in [-0.05, 0) is 12.8 Å². The largest absolute Gasteiger partial charge is 0.467 e. The van der Waals surface area contributed by atoms with Gasteiger partial charge in [0.1, 0.15) is 6.04 Å². The fraction of sp³-hybridized carbons (Fsp3) is 0.455. The van der Waals surface area contributed by atoms with Crippen molar-refractivity contribution in [1.29, 1.82) is 0 Å². The Morgan fingerprint density at radius 3 is 2.89 bits per heavy atom. The molecule has 2 heterocycles. The van der Waals surface area contributed by atoms with Crippen LogP contribution in [0.4, 0.5) is 5.00 Å². The van der Waals surface area contributed by atoms with E-state index in [1.807, 2.05) is 0 Å². The lowest BCUT2D eigenvalue weighted by Crippen LogP contribution is -2.40. The van der Waals surface area contributed by atoms with E-state index in [2.05, 4.69) is 4.74 Å². The van der Waals surface area contributed by atoms with Gasteiger partial charge in [0.2, 0.25) is 0 Å². The Kier molecular flexibility index (Phi) is 3.79. The number of rotatable bonds is 3. The minimum atomic E-state index is -0.587. The van der Waals surface area contributed by atoms with E-state index in [0.717, 1.165) is 17.8 Å². The van der Waals surface area contributed by atoms with Gasteiger partial charge in [0, 0.05) is 18.0 Å². The van der Waals surface area contributed by atoms with Crippen molar-refractivity contribution in [3.8, 4) is 0 Å². The molecule has 1 aromatic rings. The summed E-state index contributed by atoms with van der Waals surface area (Å²) in [5.41, 5.74) is 0.243. The Balaban J connectivity index is 2.18. The Morgan fingerprint density at radius 2 is 2.32 bits per heavy atom. The average molecular weight is 284 g/mol. The minimum absolute atomic E-state index is 0.0860. The Bertz CT molecular complexity index is 527. The van der Waals surface area contributed by atoms with Gasteiger partial charge >= 0.3 is 11.0 Å². The number of nitrogens with zero attached hydrogens (tertiary/aromatic N) is 2. The van der Waals surface area contributed by atoms with Crippen LogP contribution in [-0.2, 0) is 9.53 Å². The first-order chi connectivity index (χ1) is 9.04. The predicted octanol–water partition coefficient (Wildman–Crippen LogP) is 1.43. The van der Waals surface area contributed by atoms with Crippen molar-refractivity contribution in [1.82, 2.24) is 4.90 Å². The molecule has 2 rings (SSSR count). The Morgan fingerprint density at radius 1 is 1.58 bits per heavy atom. The summed E-state index contributed by atoms with van der Waals surface area (Å²) in [4.78, 5) is 35.2. The summed E-state index contributed by atoms with van der Waals surface area (Å²) in [5.74, 6) is -0.812. The second-order valence-corrected chi connectivity index (χ2v) is 5.00. The molecule has 0 bridgehead atoms. The van der Waals surface area contributed by atoms with E-state index in [1.165, 1.54) is 23.5 Å². The monoisotopic (exact) mass is 284 g/mol. The van der Waals surface area contributed by atoms with E-state index in [4.69, 9.17) is 0 Å². The van der Waals surface area contributed by atoms with Crippen molar-refractivity contribution in [3.63, 3.8) is 0 Å². The smallest absolute Gasteiger partial charge is 0.328 e. The molecule has 1 aromatic heterocycles. The molecule has 102 valence electrons. The van der Waals surface area contributed by atoms with Crippen molar-refractivity contribution in [2.24, 2.45) is 0 Å². The standard InChI is InChI=1S/C11H12N2O5S/c1-18-11(15)8-3-2-4-12(8)10(14)7-5-9(13(16)17)19-6-7/h5-6,8H,2-4H2,1H3. The number of thiophene rings is 1. The van der Waals surface area contributed by atoms with Crippen LogP contribution in [0.5, 0.6) is 0 Å². The fourth-order valence-electron chi connectivity index (χ4n) is 2.09. The Hall–Kier alpha value is -1.96. The molecular weight excluding hydrogens is 272 g/mol. The summed E-state index contributed by atoms with van der Waals surface area (Å²) < 4.78 is 4.66. The highest BCUT2D eigenvalue weighted by Gasteiger charge is 2.35. The summed E-state index contributed by atoms with van der Waals surface area (Å²) in [5, 5.41) is 11.9. The van der Waals surface area contributed by atoms with Gasteiger partial charge in [-0.25, -0.2) is 4.79 Å². The van der Waals surface area contributed by atoms with Gasteiger partial charge in [-0.3, -0.25) is 14.9 Å². The van der Waals surface area contributed by atoms with E-state index in [1.54, 1.807) is 0 Å². The summed E-state index contributed by atoms with van der Waals surface area (Å²) in [6, 6.07) is 0.649. The van der Waals surface area contributed by atoms with Crippen molar-refractivity contribution in [3.05, 3.63) is 27.1 Å². The molecule has 7 nitrogen and oxygen atoms in total. The SMILES string of the molecule is COC(=O)C1CCCN1C(=O)c1csc([N+](=O)[O-])c1. The molecule has 0 spiro atoms. The van der Waals surface area contributed by atoms with Crippen LogP contribution in [0.15, 0.2) is 11.4 Å². The molecule has 0 aliphatic carbocycles. The highest BCUT2D eigenvalue weighted by atomic mass is 32.1. The van der Waals surface area contributed by atoms with Crippen LogP contribution in [0.2, 0.25) is 0 Å². The summed E-state index contributed by atoms with van der Waals surface area (Å²) >= 11 is 0.897. The number of hydrogen-bond donors (Lipinski definition) is 0. The van der Waals surface area contributed by atoms with Gasteiger partial charge in [0.15, 0.2) is 0 Å². The zero-order valence-corrected chi connectivity index (χ0v) is 11.0. The molecule has 1 fully saturated rings. The normalized spacial score (nSPS) is 18.4. The summed E-state index contributed by atoms with van der Waals surface area (Å²) in [7, 11) is 1.28. The van der Waals surface area contributed by atoms with E-state index < -0.39 is 16.9 Å². The number of amides is 1. The first-order valence-electron chi connectivity index (χ1n) is 5.66. The minimum Gasteiger partial charge on any atom is -0.467 e. The predicted molar refractivity (Wildman–Crippen MR) is 67.0 cm³/mol. The van der Waals surface area contributed by atoms with Crippen molar-refractivity contribution >= 4 is 28.2 Å². The maximum absolute atomic E-state index is 12.2. The zero-order chi connectivity index (χ0) is 14.0. The number of carbonyl (C=O) groups is 2. The van der Waals surface area contributed by atoms with Crippen LogP contribution < -0.4 is 0 Å². The van der Waals surface area contributed by atoms with E-state index in [0.29, 0.717) is 13.0 Å². The lowest BCUT2D eigenvalue weighted by Gasteiger charge is -2.21. The third-order valence-electron chi connectivity index (χ3n) is 3.00. The van der Waals surface area contributed by atoms with Crippen LogP contribution in [0.3, 0.4) is 0 Å². The maximum Gasteiger partial charge on any atom is 0.328 e. The van der Waals surface area contributed by atoms with Gasteiger partial charge in [-0.1, -0.05) is 11.3 Å². The second-order valence-electron chi connectivity index (χ2n) is 4.11. The molecule has 19 heavy (non-hydrogen) atoms. The number of methoxy groups -OCH3 is 1. The van der Waals surface area contributed by atoms with Crippen LogP contribution in [0.25, 0.3) is 0 Å². The third-order valence-corrected chi connectivity index (χ3v) is 3.88. The van der Waals surface area contributed by atoms with E-state index in [-0.39, 0.29) is 16.5 Å².